The Morgan fingerprint density at radius 3 is 2.73 bits per heavy atom. The third-order valence-electron chi connectivity index (χ3n) is 5.08. The molecular formula is C20H22N2O4. The molecule has 0 fully saturated rings. The first-order chi connectivity index (χ1) is 12.5. The third-order valence-corrected chi connectivity index (χ3v) is 5.08. The number of carbonyl (C=O) groups is 2. The summed E-state index contributed by atoms with van der Waals surface area (Å²) in [5, 5.41) is 3.01. The predicted octanol–water partition coefficient (Wildman–Crippen LogP) is 3.10. The summed E-state index contributed by atoms with van der Waals surface area (Å²) in [5.74, 6) is 1.35. The maximum atomic E-state index is 12.8. The number of aromatic nitrogens is 1. The maximum absolute atomic E-state index is 12.8. The number of nitrogens with one attached hydrogen (secondary N) is 2. The highest BCUT2D eigenvalue weighted by molar-refractivity contribution is 6.04. The van der Waals surface area contributed by atoms with Crippen molar-refractivity contribution in [3.05, 3.63) is 46.3 Å². The van der Waals surface area contributed by atoms with Gasteiger partial charge in [-0.25, -0.2) is 0 Å². The number of aromatic amines is 1. The fraction of sp³-hybridized carbons (Fsp3) is 0.400. The molecular weight excluding hydrogens is 332 g/mol. The smallest absolute Gasteiger partial charge is 0.268 e. The number of benzene rings is 1. The number of ketones is 1. The monoisotopic (exact) mass is 354 g/mol. The molecule has 1 aromatic heterocycles. The van der Waals surface area contributed by atoms with Crippen molar-refractivity contribution in [1.82, 2.24) is 10.3 Å². The van der Waals surface area contributed by atoms with Crippen molar-refractivity contribution in [3.8, 4) is 11.5 Å². The van der Waals surface area contributed by atoms with Crippen LogP contribution in [0.25, 0.3) is 0 Å². The number of amides is 1. The van der Waals surface area contributed by atoms with E-state index in [1.165, 1.54) is 0 Å². The Hall–Kier alpha value is -2.76. The van der Waals surface area contributed by atoms with Gasteiger partial charge in [0.2, 0.25) is 0 Å². The number of H-pyrrole nitrogens is 1. The normalized spacial score (nSPS) is 16.8. The summed E-state index contributed by atoms with van der Waals surface area (Å²) in [7, 11) is 0. The Morgan fingerprint density at radius 1 is 1.19 bits per heavy atom. The number of ether oxygens (including phenoxy) is 2. The van der Waals surface area contributed by atoms with Crippen LogP contribution in [0.3, 0.4) is 0 Å². The first-order valence-corrected chi connectivity index (χ1v) is 8.99. The molecule has 1 aliphatic heterocycles. The molecule has 2 heterocycles. The molecule has 0 spiro atoms. The Morgan fingerprint density at radius 2 is 1.96 bits per heavy atom. The molecule has 136 valence electrons. The quantitative estimate of drug-likeness (QED) is 0.887. The summed E-state index contributed by atoms with van der Waals surface area (Å²) in [6.45, 7) is 4.83. The van der Waals surface area contributed by atoms with Crippen LogP contribution < -0.4 is 14.8 Å². The molecule has 6 heteroatoms. The van der Waals surface area contributed by atoms with Gasteiger partial charge in [0.1, 0.15) is 18.9 Å². The van der Waals surface area contributed by atoms with Gasteiger partial charge in [-0.15, -0.1) is 0 Å². The van der Waals surface area contributed by atoms with Gasteiger partial charge in [0.15, 0.2) is 17.3 Å². The highest BCUT2D eigenvalue weighted by Gasteiger charge is 2.27. The summed E-state index contributed by atoms with van der Waals surface area (Å²) < 4.78 is 11.1. The van der Waals surface area contributed by atoms with Crippen LogP contribution in [0.15, 0.2) is 18.2 Å². The molecule has 0 saturated carbocycles. The number of fused-ring (bicyclic) bond motifs is 2. The van der Waals surface area contributed by atoms with E-state index in [9.17, 15) is 9.59 Å². The lowest BCUT2D eigenvalue weighted by atomic mass is 9.94. The molecule has 1 aliphatic carbocycles. The second-order valence-corrected chi connectivity index (χ2v) is 6.85. The van der Waals surface area contributed by atoms with E-state index < -0.39 is 0 Å². The molecule has 1 aromatic carbocycles. The SMILES string of the molecule is Cc1c(C(=O)N[C@H](C)c2ccc3c(c2)OCCO3)[nH]c2c1C(=O)CCC2. The number of hydrogen-bond acceptors (Lipinski definition) is 4. The second-order valence-electron chi connectivity index (χ2n) is 6.85. The van der Waals surface area contributed by atoms with Gasteiger partial charge in [-0.3, -0.25) is 9.59 Å². The first kappa shape index (κ1) is 16.7. The molecule has 0 bridgehead atoms. The van der Waals surface area contributed by atoms with Crippen LogP contribution in [0.1, 0.15) is 63.5 Å². The largest absolute Gasteiger partial charge is 0.486 e. The summed E-state index contributed by atoms with van der Waals surface area (Å²) in [6.07, 6.45) is 2.20. The average molecular weight is 354 g/mol. The van der Waals surface area contributed by atoms with Gasteiger partial charge in [0.25, 0.3) is 5.91 Å². The molecule has 6 nitrogen and oxygen atoms in total. The number of hydrogen-bond donors (Lipinski definition) is 2. The lowest BCUT2D eigenvalue weighted by molar-refractivity contribution is 0.0933. The highest BCUT2D eigenvalue weighted by atomic mass is 16.6. The highest BCUT2D eigenvalue weighted by Crippen LogP contribution is 2.33. The van der Waals surface area contributed by atoms with Crippen molar-refractivity contribution < 1.29 is 19.1 Å². The fourth-order valence-electron chi connectivity index (χ4n) is 3.68. The van der Waals surface area contributed by atoms with E-state index in [1.807, 2.05) is 32.0 Å². The van der Waals surface area contributed by atoms with Crippen LogP contribution in [0.2, 0.25) is 0 Å². The minimum atomic E-state index is -0.202. The van der Waals surface area contributed by atoms with E-state index in [0.717, 1.165) is 35.4 Å². The summed E-state index contributed by atoms with van der Waals surface area (Å²) in [6, 6.07) is 5.49. The van der Waals surface area contributed by atoms with Gasteiger partial charge in [-0.1, -0.05) is 6.07 Å². The Kier molecular flexibility index (Phi) is 4.18. The second kappa shape index (κ2) is 6.52. The maximum Gasteiger partial charge on any atom is 0.268 e. The average Bonchev–Trinajstić information content (AvgIpc) is 2.99. The van der Waals surface area contributed by atoms with Crippen LogP contribution >= 0.6 is 0 Å². The molecule has 2 aromatic rings. The fourth-order valence-corrected chi connectivity index (χ4v) is 3.68. The Labute approximate surface area is 151 Å². The van der Waals surface area contributed by atoms with Crippen LogP contribution in [-0.2, 0) is 6.42 Å². The zero-order valence-electron chi connectivity index (χ0n) is 15.0. The van der Waals surface area contributed by atoms with Crippen LogP contribution in [0.5, 0.6) is 11.5 Å². The molecule has 0 unspecified atom stereocenters. The lowest BCUT2D eigenvalue weighted by Gasteiger charge is -2.21. The van der Waals surface area contributed by atoms with Crippen molar-refractivity contribution in [3.63, 3.8) is 0 Å². The van der Waals surface area contributed by atoms with Crippen molar-refractivity contribution in [1.29, 1.82) is 0 Å². The minimum Gasteiger partial charge on any atom is -0.486 e. The summed E-state index contributed by atoms with van der Waals surface area (Å²) in [5.41, 5.74) is 3.75. The number of rotatable bonds is 3. The number of carbonyl (C=O) groups excluding carboxylic acids is 2. The lowest BCUT2D eigenvalue weighted by Crippen LogP contribution is -2.27. The molecule has 26 heavy (non-hydrogen) atoms. The number of aryl methyl sites for hydroxylation is 1. The standard InChI is InChI=1S/C20H22N2O4/c1-11-18-14(4-3-5-15(18)23)22-19(11)20(24)21-12(2)13-6-7-16-17(10-13)26-9-8-25-16/h6-7,10,12,22H,3-5,8-9H2,1-2H3,(H,21,24)/t12-/m1/s1. The zero-order valence-corrected chi connectivity index (χ0v) is 15.0. The Bertz CT molecular complexity index is 884. The molecule has 0 saturated heterocycles. The van der Waals surface area contributed by atoms with Gasteiger partial charge in [0.05, 0.1) is 6.04 Å². The number of Topliss-reactive ketones (excluding diaryl/α,β-unsaturated/α-hetero) is 1. The molecule has 2 N–H and O–H groups in total. The van der Waals surface area contributed by atoms with Gasteiger partial charge in [0, 0.05) is 17.7 Å². The summed E-state index contributed by atoms with van der Waals surface area (Å²) >= 11 is 0. The van der Waals surface area contributed by atoms with E-state index in [0.29, 0.717) is 36.6 Å². The van der Waals surface area contributed by atoms with Crippen molar-refractivity contribution in [2.24, 2.45) is 0 Å². The molecule has 4 rings (SSSR count). The molecule has 1 amide bonds. The van der Waals surface area contributed by atoms with Gasteiger partial charge in [-0.2, -0.15) is 0 Å². The van der Waals surface area contributed by atoms with E-state index >= 15 is 0 Å². The van der Waals surface area contributed by atoms with Crippen LogP contribution in [-0.4, -0.2) is 29.9 Å². The van der Waals surface area contributed by atoms with Crippen molar-refractivity contribution in [2.75, 3.05) is 13.2 Å². The van der Waals surface area contributed by atoms with E-state index in [1.54, 1.807) is 0 Å². The van der Waals surface area contributed by atoms with Crippen molar-refractivity contribution in [2.45, 2.75) is 39.2 Å². The predicted molar refractivity (Wildman–Crippen MR) is 96.1 cm³/mol. The van der Waals surface area contributed by atoms with E-state index in [4.69, 9.17) is 9.47 Å². The van der Waals surface area contributed by atoms with Gasteiger partial charge < -0.3 is 19.8 Å². The van der Waals surface area contributed by atoms with Crippen molar-refractivity contribution >= 4 is 11.7 Å². The molecule has 0 radical (unpaired) electrons. The minimum absolute atomic E-state index is 0.124. The molecule has 1 atom stereocenters. The molecule has 2 aliphatic rings. The van der Waals surface area contributed by atoms with Gasteiger partial charge in [-0.05, 0) is 49.9 Å². The zero-order chi connectivity index (χ0) is 18.3. The Balaban J connectivity index is 1.54. The third kappa shape index (κ3) is 2.85. The topological polar surface area (TPSA) is 80.4 Å². The first-order valence-electron chi connectivity index (χ1n) is 8.99. The van der Waals surface area contributed by atoms with Crippen LogP contribution in [0, 0.1) is 6.92 Å². The van der Waals surface area contributed by atoms with Gasteiger partial charge >= 0.3 is 0 Å². The van der Waals surface area contributed by atoms with E-state index in [2.05, 4.69) is 10.3 Å². The summed E-state index contributed by atoms with van der Waals surface area (Å²) in [4.78, 5) is 28.1. The van der Waals surface area contributed by atoms with E-state index in [-0.39, 0.29) is 17.7 Å². The van der Waals surface area contributed by atoms with Crippen LogP contribution in [0.4, 0.5) is 0 Å².